The number of thioether (sulfide) groups is 2. The minimum absolute atomic E-state index is 0.0556. The molecule has 2 aromatic carbocycles. The monoisotopic (exact) mass is 570 g/mol. The lowest BCUT2D eigenvalue weighted by molar-refractivity contribution is -0.156. The van der Waals surface area contributed by atoms with Gasteiger partial charge in [-0.25, -0.2) is 0 Å². The van der Waals surface area contributed by atoms with Crippen molar-refractivity contribution in [2.75, 3.05) is 26.8 Å². The number of hydrogen-bond donors (Lipinski definition) is 1. The van der Waals surface area contributed by atoms with Crippen LogP contribution in [-0.4, -0.2) is 52.9 Å². The van der Waals surface area contributed by atoms with Gasteiger partial charge in [-0.15, -0.1) is 11.8 Å². The first-order valence-corrected chi connectivity index (χ1v) is 15.3. The summed E-state index contributed by atoms with van der Waals surface area (Å²) in [5, 5.41) is 3.77. The van der Waals surface area contributed by atoms with E-state index in [4.69, 9.17) is 9.47 Å². The molecular weight excluding hydrogens is 524 g/mol. The van der Waals surface area contributed by atoms with Crippen LogP contribution in [-0.2, 0) is 27.2 Å². The number of nitrogens with zero attached hydrogens (tertiary/aromatic N) is 1. The van der Waals surface area contributed by atoms with Gasteiger partial charge in [-0.05, 0) is 78.6 Å². The summed E-state index contributed by atoms with van der Waals surface area (Å²) in [5.74, 6) is -0.199. The molecule has 0 radical (unpaired) electrons. The largest absolute Gasteiger partial charge is 0.459 e. The molecule has 0 fully saturated rings. The Morgan fingerprint density at radius 1 is 1.03 bits per heavy atom. The van der Waals surface area contributed by atoms with Crippen LogP contribution in [0.25, 0.3) is 0 Å². The Balaban J connectivity index is 1.63. The van der Waals surface area contributed by atoms with E-state index >= 15 is 0 Å². The molecule has 1 aliphatic rings. The van der Waals surface area contributed by atoms with Gasteiger partial charge in [0.25, 0.3) is 0 Å². The Bertz CT molecular complexity index is 1150. The van der Waals surface area contributed by atoms with Crippen molar-refractivity contribution >= 4 is 29.5 Å². The molecule has 1 aliphatic heterocycles. The van der Waals surface area contributed by atoms with Crippen molar-refractivity contribution in [2.24, 2.45) is 0 Å². The number of methoxy groups -OCH3 is 1. The van der Waals surface area contributed by atoms with Gasteiger partial charge in [0.05, 0.1) is 11.5 Å². The molecule has 0 aromatic heterocycles. The molecule has 39 heavy (non-hydrogen) atoms. The normalized spacial score (nSPS) is 18.0. The van der Waals surface area contributed by atoms with Crippen LogP contribution in [0, 0.1) is 6.92 Å². The van der Waals surface area contributed by atoms with E-state index < -0.39 is 10.3 Å². The van der Waals surface area contributed by atoms with E-state index in [2.05, 4.69) is 79.5 Å². The van der Waals surface area contributed by atoms with Gasteiger partial charge in [-0.3, -0.25) is 9.69 Å². The van der Waals surface area contributed by atoms with Crippen molar-refractivity contribution in [3.63, 3.8) is 0 Å². The Labute approximate surface area is 244 Å². The van der Waals surface area contributed by atoms with Gasteiger partial charge in [-0.2, -0.15) is 0 Å². The smallest absolute Gasteiger partial charge is 0.322 e. The van der Waals surface area contributed by atoms with E-state index in [0.29, 0.717) is 6.61 Å². The molecule has 2 aromatic rings. The lowest BCUT2D eigenvalue weighted by atomic mass is 10.0. The second-order valence-corrected chi connectivity index (χ2v) is 15.4. The van der Waals surface area contributed by atoms with E-state index in [1.54, 1.807) is 7.11 Å². The van der Waals surface area contributed by atoms with Gasteiger partial charge < -0.3 is 14.8 Å². The predicted molar refractivity (Wildman–Crippen MR) is 166 cm³/mol. The van der Waals surface area contributed by atoms with Crippen LogP contribution in [0.15, 0.2) is 64.0 Å². The molecule has 1 unspecified atom stereocenters. The van der Waals surface area contributed by atoms with Crippen LogP contribution in [0.4, 0.5) is 0 Å². The van der Waals surface area contributed by atoms with Crippen LogP contribution in [0.3, 0.4) is 0 Å². The maximum atomic E-state index is 12.7. The number of aryl methyl sites for hydroxylation is 1. The average molecular weight is 571 g/mol. The molecule has 0 amide bonds. The Hall–Kier alpha value is -1.93. The van der Waals surface area contributed by atoms with Gasteiger partial charge in [0, 0.05) is 48.7 Å². The van der Waals surface area contributed by atoms with E-state index in [0.717, 1.165) is 31.0 Å². The number of benzene rings is 2. The summed E-state index contributed by atoms with van der Waals surface area (Å²) in [6.07, 6.45) is 0.969. The van der Waals surface area contributed by atoms with Crippen molar-refractivity contribution in [1.29, 1.82) is 0 Å². The molecule has 0 saturated carbocycles. The fourth-order valence-corrected chi connectivity index (χ4v) is 7.00. The molecule has 0 saturated heterocycles. The quantitative estimate of drug-likeness (QED) is 0.214. The second-order valence-electron chi connectivity index (χ2n) is 12.1. The van der Waals surface area contributed by atoms with Crippen LogP contribution in [0.2, 0.25) is 0 Å². The third-order valence-electron chi connectivity index (χ3n) is 6.41. The van der Waals surface area contributed by atoms with Crippen molar-refractivity contribution < 1.29 is 14.3 Å². The Morgan fingerprint density at radius 3 is 2.33 bits per heavy atom. The van der Waals surface area contributed by atoms with Crippen LogP contribution in [0.1, 0.15) is 65.2 Å². The summed E-state index contributed by atoms with van der Waals surface area (Å²) in [4.78, 5) is 17.5. The topological polar surface area (TPSA) is 50.8 Å². The maximum absolute atomic E-state index is 12.7. The fraction of sp³-hybridized carbons (Fsp3) is 0.531. The molecule has 214 valence electrons. The van der Waals surface area contributed by atoms with Crippen molar-refractivity contribution in [2.45, 2.75) is 88.5 Å². The van der Waals surface area contributed by atoms with Crippen molar-refractivity contribution in [3.8, 4) is 0 Å². The minimum atomic E-state index is -0.666. The molecule has 7 heteroatoms. The number of carbonyl (C=O) groups is 1. The SMILES string of the molecule is COCCN(CC1=C(C)NC(C)(Cc2cccc(C)c2)S1)Cc1ccc(SC(C)(C)C(=O)OC(C)(C)C)cc1. The molecule has 0 aliphatic carbocycles. The number of hydrogen-bond acceptors (Lipinski definition) is 7. The van der Waals surface area contributed by atoms with E-state index in [1.807, 2.05) is 46.4 Å². The molecule has 1 atom stereocenters. The lowest BCUT2D eigenvalue weighted by Gasteiger charge is -2.28. The standard InChI is InChI=1S/C32H46N2O3S2/c1-23-11-10-12-26(19-23)20-32(8)33-24(2)28(39-32)22-34(17-18-36-9)21-25-13-15-27(16-14-25)38-31(6,7)29(35)37-30(3,4)5/h10-16,19,33H,17-18,20-22H2,1-9H3. The molecule has 5 nitrogen and oxygen atoms in total. The summed E-state index contributed by atoms with van der Waals surface area (Å²) < 4.78 is 10.4. The summed E-state index contributed by atoms with van der Waals surface area (Å²) in [5.41, 5.74) is 4.66. The molecule has 1 N–H and O–H groups in total. The number of nitrogens with one attached hydrogen (secondary N) is 1. The first-order valence-electron chi connectivity index (χ1n) is 13.6. The molecule has 0 bridgehead atoms. The zero-order valence-corrected chi connectivity index (χ0v) is 26.8. The van der Waals surface area contributed by atoms with Gasteiger partial charge in [-0.1, -0.05) is 53.7 Å². The highest BCUT2D eigenvalue weighted by Crippen LogP contribution is 2.41. The van der Waals surface area contributed by atoms with Crippen molar-refractivity contribution in [3.05, 3.63) is 75.8 Å². The molecule has 1 heterocycles. The van der Waals surface area contributed by atoms with Crippen LogP contribution in [0.5, 0.6) is 0 Å². The maximum Gasteiger partial charge on any atom is 0.322 e. The highest BCUT2D eigenvalue weighted by molar-refractivity contribution is 8.04. The van der Waals surface area contributed by atoms with Crippen molar-refractivity contribution in [1.82, 2.24) is 10.2 Å². The summed E-state index contributed by atoms with van der Waals surface area (Å²) in [6.45, 7) is 19.4. The summed E-state index contributed by atoms with van der Waals surface area (Å²) in [7, 11) is 1.76. The highest BCUT2D eigenvalue weighted by Gasteiger charge is 2.35. The number of rotatable bonds is 12. The van der Waals surface area contributed by atoms with Crippen LogP contribution < -0.4 is 5.32 Å². The van der Waals surface area contributed by atoms with Gasteiger partial charge in [0.1, 0.15) is 10.3 Å². The number of ether oxygens (including phenoxy) is 2. The third kappa shape index (κ3) is 9.89. The number of esters is 1. The van der Waals surface area contributed by atoms with Gasteiger partial charge >= 0.3 is 5.97 Å². The molecule has 0 spiro atoms. The van der Waals surface area contributed by atoms with Crippen LogP contribution >= 0.6 is 23.5 Å². The first-order chi connectivity index (χ1) is 18.2. The average Bonchev–Trinajstić information content (AvgIpc) is 3.09. The predicted octanol–water partition coefficient (Wildman–Crippen LogP) is 7.18. The summed E-state index contributed by atoms with van der Waals surface area (Å²) in [6, 6.07) is 17.3. The summed E-state index contributed by atoms with van der Waals surface area (Å²) >= 11 is 3.48. The number of carbonyl (C=O) groups excluding carboxylic acids is 1. The van der Waals surface area contributed by atoms with Gasteiger partial charge in [0.2, 0.25) is 0 Å². The minimum Gasteiger partial charge on any atom is -0.459 e. The zero-order chi connectivity index (χ0) is 28.8. The Kier molecular flexibility index (Phi) is 10.7. The zero-order valence-electron chi connectivity index (χ0n) is 25.1. The molecular formula is C32H46N2O3S2. The first kappa shape index (κ1) is 31.6. The molecule has 3 rings (SSSR count). The third-order valence-corrected chi connectivity index (χ3v) is 8.98. The lowest BCUT2D eigenvalue weighted by Crippen LogP contribution is -2.36. The fourth-order valence-electron chi connectivity index (χ4n) is 4.58. The Morgan fingerprint density at radius 2 is 1.72 bits per heavy atom. The van der Waals surface area contributed by atoms with Gasteiger partial charge in [0.15, 0.2) is 0 Å². The highest BCUT2D eigenvalue weighted by atomic mass is 32.2. The van der Waals surface area contributed by atoms with E-state index in [-0.39, 0.29) is 10.8 Å². The van der Waals surface area contributed by atoms with E-state index in [1.165, 1.54) is 39.1 Å². The second kappa shape index (κ2) is 13.2. The van der Waals surface area contributed by atoms with E-state index in [9.17, 15) is 4.79 Å². The number of allylic oxidation sites excluding steroid dienone is 1.